The molecular formula is C20H16F4O5S. The van der Waals surface area contributed by atoms with Crippen molar-refractivity contribution in [2.75, 3.05) is 5.75 Å². The Bertz CT molecular complexity index is 1090. The number of cyclic esters (lactones) is 1. The highest BCUT2D eigenvalue weighted by atomic mass is 32.2. The van der Waals surface area contributed by atoms with Crippen LogP contribution in [0.4, 0.5) is 17.6 Å². The summed E-state index contributed by atoms with van der Waals surface area (Å²) in [7, 11) is -3.73. The number of hydrogen-bond acceptors (Lipinski definition) is 5. The van der Waals surface area contributed by atoms with Crippen molar-refractivity contribution in [1.82, 2.24) is 0 Å². The molecule has 0 saturated carbocycles. The smallest absolute Gasteiger partial charge is 0.392 e. The number of halogens is 4. The molecule has 0 amide bonds. The minimum absolute atomic E-state index is 0.0131. The predicted octanol–water partition coefficient (Wildman–Crippen LogP) is 4.67. The Morgan fingerprint density at radius 3 is 2.33 bits per heavy atom. The number of esters is 1. The Morgan fingerprint density at radius 2 is 1.73 bits per heavy atom. The van der Waals surface area contributed by atoms with Crippen LogP contribution in [0.2, 0.25) is 0 Å². The number of alkyl halides is 3. The van der Waals surface area contributed by atoms with E-state index in [4.69, 9.17) is 9.47 Å². The maximum atomic E-state index is 13.1. The molecule has 0 aliphatic carbocycles. The first-order chi connectivity index (χ1) is 14.0. The molecule has 160 valence electrons. The molecule has 0 fully saturated rings. The summed E-state index contributed by atoms with van der Waals surface area (Å²) in [5, 5.41) is 0. The lowest BCUT2D eigenvalue weighted by atomic mass is 10.0. The van der Waals surface area contributed by atoms with Crippen molar-refractivity contribution in [2.45, 2.75) is 30.5 Å². The second kappa shape index (κ2) is 8.10. The van der Waals surface area contributed by atoms with Gasteiger partial charge in [0, 0.05) is 0 Å². The van der Waals surface area contributed by atoms with Crippen molar-refractivity contribution in [3.8, 4) is 11.5 Å². The molecule has 0 saturated heterocycles. The van der Waals surface area contributed by atoms with Gasteiger partial charge < -0.3 is 9.47 Å². The van der Waals surface area contributed by atoms with Gasteiger partial charge >= 0.3 is 12.1 Å². The summed E-state index contributed by atoms with van der Waals surface area (Å²) in [6.07, 6.45) is -6.38. The fourth-order valence-corrected chi connectivity index (χ4v) is 3.74. The van der Waals surface area contributed by atoms with Crippen LogP contribution in [0.1, 0.15) is 18.9 Å². The second-order valence-corrected chi connectivity index (χ2v) is 8.77. The highest BCUT2D eigenvalue weighted by Gasteiger charge is 2.37. The molecule has 0 aromatic heterocycles. The molecular weight excluding hydrogens is 428 g/mol. The Kier molecular flexibility index (Phi) is 5.89. The minimum Gasteiger partial charge on any atom is -0.457 e. The molecule has 10 heteroatoms. The molecule has 0 spiro atoms. The predicted molar refractivity (Wildman–Crippen MR) is 99.2 cm³/mol. The highest BCUT2D eigenvalue weighted by molar-refractivity contribution is 7.91. The van der Waals surface area contributed by atoms with Crippen LogP contribution in [-0.2, 0) is 19.4 Å². The summed E-state index contributed by atoms with van der Waals surface area (Å²) >= 11 is 0. The zero-order chi connectivity index (χ0) is 22.1. The third-order valence-electron chi connectivity index (χ3n) is 4.24. The fourth-order valence-electron chi connectivity index (χ4n) is 2.80. The first-order valence-corrected chi connectivity index (χ1v) is 10.4. The summed E-state index contributed by atoms with van der Waals surface area (Å²) in [5.74, 6) is -1.53. The first-order valence-electron chi connectivity index (χ1n) is 8.78. The van der Waals surface area contributed by atoms with Gasteiger partial charge in [0.05, 0.1) is 22.6 Å². The maximum absolute atomic E-state index is 13.1. The third-order valence-corrected chi connectivity index (χ3v) is 5.96. The van der Waals surface area contributed by atoms with Crippen LogP contribution in [-0.4, -0.2) is 32.4 Å². The van der Waals surface area contributed by atoms with Gasteiger partial charge in [0.15, 0.2) is 9.84 Å². The Hall–Kier alpha value is -2.88. The van der Waals surface area contributed by atoms with E-state index in [1.165, 1.54) is 37.3 Å². The molecule has 2 aromatic rings. The lowest BCUT2D eigenvalue weighted by Crippen LogP contribution is -2.19. The summed E-state index contributed by atoms with van der Waals surface area (Å²) in [5.41, 5.74) is -0.155. The van der Waals surface area contributed by atoms with Crippen molar-refractivity contribution in [3.63, 3.8) is 0 Å². The minimum atomic E-state index is -4.54. The van der Waals surface area contributed by atoms with E-state index in [0.717, 1.165) is 18.2 Å². The van der Waals surface area contributed by atoms with Crippen molar-refractivity contribution < 1.29 is 40.2 Å². The summed E-state index contributed by atoms with van der Waals surface area (Å²) in [6.45, 7) is 1.42. The topological polar surface area (TPSA) is 69.7 Å². The van der Waals surface area contributed by atoms with Gasteiger partial charge in [-0.1, -0.05) is 6.92 Å². The molecule has 0 unspecified atom stereocenters. The summed E-state index contributed by atoms with van der Waals surface area (Å²) < 4.78 is 86.0. The quantitative estimate of drug-likeness (QED) is 0.478. The van der Waals surface area contributed by atoms with E-state index in [1.54, 1.807) is 0 Å². The normalized spacial score (nSPS) is 16.9. The molecule has 2 aromatic carbocycles. The molecule has 1 atom stereocenters. The van der Waals surface area contributed by atoms with Gasteiger partial charge in [0.2, 0.25) is 0 Å². The number of sulfone groups is 1. The summed E-state index contributed by atoms with van der Waals surface area (Å²) in [6, 6.07) is 8.63. The molecule has 0 radical (unpaired) electrons. The average molecular weight is 444 g/mol. The monoisotopic (exact) mass is 444 g/mol. The molecule has 0 bridgehead atoms. The molecule has 1 aliphatic rings. The SMILES string of the molecule is CCS(=O)(=O)c1cc(Oc2ccc(F)cc2)cc(C2=C[C@@H](CC(F)(F)F)OC2=O)c1. The highest BCUT2D eigenvalue weighted by Crippen LogP contribution is 2.35. The van der Waals surface area contributed by atoms with Gasteiger partial charge in [0.25, 0.3) is 0 Å². The van der Waals surface area contributed by atoms with Crippen LogP contribution in [0, 0.1) is 5.82 Å². The molecule has 0 N–H and O–H groups in total. The van der Waals surface area contributed by atoms with Gasteiger partial charge in [-0.25, -0.2) is 17.6 Å². The number of carbonyl (C=O) groups excluding carboxylic acids is 1. The number of rotatable bonds is 6. The van der Waals surface area contributed by atoms with Crippen LogP contribution in [0.3, 0.4) is 0 Å². The van der Waals surface area contributed by atoms with E-state index in [2.05, 4.69) is 0 Å². The van der Waals surface area contributed by atoms with E-state index in [1.807, 2.05) is 0 Å². The molecule has 3 rings (SSSR count). The largest absolute Gasteiger partial charge is 0.457 e. The van der Waals surface area contributed by atoms with Gasteiger partial charge in [-0.05, 0) is 54.1 Å². The zero-order valence-electron chi connectivity index (χ0n) is 15.6. The Balaban J connectivity index is 2.03. The van der Waals surface area contributed by atoms with Crippen LogP contribution >= 0.6 is 0 Å². The van der Waals surface area contributed by atoms with E-state index < -0.39 is 40.3 Å². The van der Waals surface area contributed by atoms with Gasteiger partial charge in [0.1, 0.15) is 23.4 Å². The van der Waals surface area contributed by atoms with Crippen LogP contribution in [0.5, 0.6) is 11.5 Å². The maximum Gasteiger partial charge on any atom is 0.392 e. The number of ether oxygens (including phenoxy) is 2. The van der Waals surface area contributed by atoms with E-state index in [0.29, 0.717) is 0 Å². The number of carbonyl (C=O) groups is 1. The lowest BCUT2D eigenvalue weighted by molar-refractivity contribution is -0.160. The lowest BCUT2D eigenvalue weighted by Gasteiger charge is -2.11. The van der Waals surface area contributed by atoms with Gasteiger partial charge in [-0.15, -0.1) is 0 Å². The number of benzene rings is 2. The zero-order valence-corrected chi connectivity index (χ0v) is 16.4. The van der Waals surface area contributed by atoms with Crippen molar-refractivity contribution >= 4 is 21.4 Å². The summed E-state index contributed by atoms with van der Waals surface area (Å²) in [4.78, 5) is 11.9. The molecule has 1 heterocycles. The molecule has 5 nitrogen and oxygen atoms in total. The van der Waals surface area contributed by atoms with Crippen LogP contribution in [0.25, 0.3) is 5.57 Å². The standard InChI is InChI=1S/C20H16F4O5S/c1-2-30(26,27)17-8-12(18-10-16(29-19(18)25)11-20(22,23)24)7-15(9-17)28-14-5-3-13(21)4-6-14/h3-10,16H,2,11H2,1H3/t16-/m0/s1. The van der Waals surface area contributed by atoms with E-state index in [9.17, 15) is 30.8 Å². The second-order valence-electron chi connectivity index (χ2n) is 6.50. The first kappa shape index (κ1) is 21.8. The third kappa shape index (κ3) is 5.18. The fraction of sp³-hybridized carbons (Fsp3) is 0.250. The average Bonchev–Trinajstić information content (AvgIpc) is 3.01. The molecule has 30 heavy (non-hydrogen) atoms. The Morgan fingerprint density at radius 1 is 1.07 bits per heavy atom. The van der Waals surface area contributed by atoms with Crippen molar-refractivity contribution in [1.29, 1.82) is 0 Å². The van der Waals surface area contributed by atoms with E-state index in [-0.39, 0.29) is 33.3 Å². The Labute approximate surface area is 169 Å². The van der Waals surface area contributed by atoms with E-state index >= 15 is 0 Å². The van der Waals surface area contributed by atoms with Crippen molar-refractivity contribution in [2.24, 2.45) is 0 Å². The van der Waals surface area contributed by atoms with Gasteiger partial charge in [-0.3, -0.25) is 0 Å². The van der Waals surface area contributed by atoms with Crippen molar-refractivity contribution in [3.05, 3.63) is 59.9 Å². The van der Waals surface area contributed by atoms with Crippen LogP contribution in [0.15, 0.2) is 53.4 Å². The van der Waals surface area contributed by atoms with Crippen LogP contribution < -0.4 is 4.74 Å². The molecule has 1 aliphatic heterocycles. The van der Waals surface area contributed by atoms with Gasteiger partial charge in [-0.2, -0.15) is 13.2 Å². The number of hydrogen-bond donors (Lipinski definition) is 0.